The van der Waals surface area contributed by atoms with Crippen molar-refractivity contribution in [3.8, 4) is 5.69 Å². The van der Waals surface area contributed by atoms with E-state index in [1.807, 2.05) is 30.5 Å². The molecule has 1 aromatic heterocycles. The van der Waals surface area contributed by atoms with Crippen LogP contribution >= 0.6 is 23.2 Å². The molecule has 3 aromatic rings. The lowest BCUT2D eigenvalue weighted by atomic mass is 10.2. The van der Waals surface area contributed by atoms with Crippen LogP contribution < -0.4 is 9.73 Å². The smallest absolute Gasteiger partial charge is 0.260 e. The van der Waals surface area contributed by atoms with Gasteiger partial charge in [0.2, 0.25) is 10.0 Å². The monoisotopic (exact) mass is 510 g/mol. The van der Waals surface area contributed by atoms with E-state index in [0.29, 0.717) is 15.7 Å². The van der Waals surface area contributed by atoms with E-state index in [0.717, 1.165) is 39.6 Å². The first-order valence-electron chi connectivity index (χ1n) is 9.67. The lowest BCUT2D eigenvalue weighted by Gasteiger charge is -2.21. The van der Waals surface area contributed by atoms with Gasteiger partial charge in [0, 0.05) is 17.0 Å². The fraction of sp³-hybridized carbons (Fsp3) is 0.182. The molecule has 0 bridgehead atoms. The van der Waals surface area contributed by atoms with Gasteiger partial charge in [-0.1, -0.05) is 29.3 Å². The summed E-state index contributed by atoms with van der Waals surface area (Å²) < 4.78 is 40.2. The van der Waals surface area contributed by atoms with Gasteiger partial charge in [0.15, 0.2) is 0 Å². The summed E-state index contributed by atoms with van der Waals surface area (Å²) in [6.45, 7) is 3.25. The first-order valence-corrected chi connectivity index (χ1v) is 12.3. The van der Waals surface area contributed by atoms with E-state index < -0.39 is 28.3 Å². The van der Waals surface area contributed by atoms with Crippen molar-refractivity contribution in [2.45, 2.75) is 13.8 Å². The quantitative estimate of drug-likeness (QED) is 0.376. The minimum Gasteiger partial charge on any atom is -0.316 e. The fourth-order valence-electron chi connectivity index (χ4n) is 3.30. The molecule has 0 fully saturated rings. The molecule has 174 valence electrons. The Kier molecular flexibility index (Phi) is 7.46. The van der Waals surface area contributed by atoms with Crippen LogP contribution in [-0.4, -0.2) is 37.9 Å². The second kappa shape index (κ2) is 9.94. The van der Waals surface area contributed by atoms with Crippen LogP contribution in [0.15, 0.2) is 53.6 Å². The van der Waals surface area contributed by atoms with Crippen LogP contribution in [0, 0.1) is 19.7 Å². The minimum absolute atomic E-state index is 0.167. The molecule has 0 unspecified atom stereocenters. The number of aromatic nitrogens is 1. The van der Waals surface area contributed by atoms with E-state index in [2.05, 4.69) is 10.5 Å². The molecule has 1 heterocycles. The summed E-state index contributed by atoms with van der Waals surface area (Å²) in [5, 5.41) is 4.80. The van der Waals surface area contributed by atoms with Crippen molar-refractivity contribution in [3.63, 3.8) is 0 Å². The zero-order chi connectivity index (χ0) is 24.3. The number of halogens is 3. The van der Waals surface area contributed by atoms with Crippen molar-refractivity contribution < 1.29 is 17.6 Å². The predicted octanol–water partition coefficient (Wildman–Crippen LogP) is 4.46. The highest BCUT2D eigenvalue weighted by Gasteiger charge is 2.21. The molecule has 3 rings (SSSR count). The van der Waals surface area contributed by atoms with Crippen molar-refractivity contribution >= 4 is 51.0 Å². The molecule has 1 N–H and O–H groups in total. The Bertz CT molecular complexity index is 1320. The molecule has 7 nitrogen and oxygen atoms in total. The number of sulfonamides is 1. The van der Waals surface area contributed by atoms with Crippen molar-refractivity contribution in [2.24, 2.45) is 5.10 Å². The van der Waals surface area contributed by atoms with Gasteiger partial charge in [0.1, 0.15) is 12.4 Å². The zero-order valence-electron chi connectivity index (χ0n) is 18.0. The lowest BCUT2D eigenvalue weighted by Crippen LogP contribution is -2.39. The second-order valence-electron chi connectivity index (χ2n) is 7.27. The maximum atomic E-state index is 13.2. The summed E-state index contributed by atoms with van der Waals surface area (Å²) in [5.41, 5.74) is 5.63. The molecule has 0 aliphatic heterocycles. The number of hydrazone groups is 1. The molecule has 0 radical (unpaired) electrons. The Balaban J connectivity index is 1.76. The summed E-state index contributed by atoms with van der Waals surface area (Å²) >= 11 is 12.5. The van der Waals surface area contributed by atoms with E-state index in [1.54, 1.807) is 12.1 Å². The van der Waals surface area contributed by atoms with Crippen LogP contribution in [0.3, 0.4) is 0 Å². The zero-order valence-corrected chi connectivity index (χ0v) is 20.3. The molecule has 0 spiro atoms. The molecule has 0 aliphatic carbocycles. The first kappa shape index (κ1) is 24.8. The van der Waals surface area contributed by atoms with E-state index >= 15 is 0 Å². The number of benzene rings is 2. The third-order valence-corrected chi connectivity index (χ3v) is 6.79. The average molecular weight is 511 g/mol. The maximum Gasteiger partial charge on any atom is 0.260 e. The Labute approximate surface area is 201 Å². The first-order chi connectivity index (χ1) is 15.5. The maximum absolute atomic E-state index is 13.2. The predicted molar refractivity (Wildman–Crippen MR) is 130 cm³/mol. The average Bonchev–Trinajstić information content (AvgIpc) is 3.01. The van der Waals surface area contributed by atoms with E-state index in [-0.39, 0.29) is 5.69 Å². The molecule has 1 amide bonds. The largest absolute Gasteiger partial charge is 0.316 e. The summed E-state index contributed by atoms with van der Waals surface area (Å²) in [6.07, 6.45) is 2.42. The summed E-state index contributed by atoms with van der Waals surface area (Å²) in [5.74, 6) is -1.18. The van der Waals surface area contributed by atoms with Crippen LogP contribution in [0.2, 0.25) is 10.0 Å². The number of nitrogens with zero attached hydrogens (tertiary/aromatic N) is 3. The Morgan fingerprint density at radius 1 is 1.18 bits per heavy atom. The molecule has 0 atom stereocenters. The number of nitrogens with one attached hydrogen (secondary N) is 1. The van der Waals surface area contributed by atoms with Crippen LogP contribution in [0.1, 0.15) is 17.0 Å². The molecular formula is C22H21Cl2FN4O3S. The number of carbonyl (C=O) groups excluding carboxylic acids is 1. The molecule has 0 saturated heterocycles. The number of anilines is 1. The number of rotatable bonds is 7. The van der Waals surface area contributed by atoms with Gasteiger partial charge >= 0.3 is 0 Å². The topological polar surface area (TPSA) is 83.8 Å². The molecule has 2 aromatic carbocycles. The van der Waals surface area contributed by atoms with Gasteiger partial charge in [-0.25, -0.2) is 18.2 Å². The number of carbonyl (C=O) groups is 1. The van der Waals surface area contributed by atoms with Crippen LogP contribution in [0.4, 0.5) is 10.1 Å². The Morgan fingerprint density at radius 2 is 1.85 bits per heavy atom. The fourth-order valence-corrected chi connectivity index (χ4v) is 4.54. The molecule has 0 saturated carbocycles. The van der Waals surface area contributed by atoms with E-state index in [9.17, 15) is 17.6 Å². The van der Waals surface area contributed by atoms with Crippen LogP contribution in [0.25, 0.3) is 5.69 Å². The van der Waals surface area contributed by atoms with Crippen molar-refractivity contribution in [2.75, 3.05) is 17.1 Å². The van der Waals surface area contributed by atoms with Crippen molar-refractivity contribution in [3.05, 3.63) is 81.3 Å². The van der Waals surface area contributed by atoms with Gasteiger partial charge in [-0.05, 0) is 56.3 Å². The number of amides is 1. The van der Waals surface area contributed by atoms with Crippen molar-refractivity contribution in [1.29, 1.82) is 0 Å². The molecule has 33 heavy (non-hydrogen) atoms. The molecular weight excluding hydrogens is 490 g/mol. The van der Waals surface area contributed by atoms with Crippen molar-refractivity contribution in [1.82, 2.24) is 9.99 Å². The van der Waals surface area contributed by atoms with Gasteiger partial charge in [0.05, 0.1) is 33.9 Å². The number of hydrogen-bond acceptors (Lipinski definition) is 4. The second-order valence-corrected chi connectivity index (χ2v) is 9.97. The van der Waals surface area contributed by atoms with Gasteiger partial charge in [-0.3, -0.25) is 9.10 Å². The van der Waals surface area contributed by atoms with Gasteiger partial charge in [-0.15, -0.1) is 0 Å². The third-order valence-electron chi connectivity index (χ3n) is 4.84. The summed E-state index contributed by atoms with van der Waals surface area (Å²) in [6, 6.07) is 12.0. The van der Waals surface area contributed by atoms with Crippen LogP contribution in [-0.2, 0) is 14.8 Å². The highest BCUT2D eigenvalue weighted by atomic mass is 35.5. The lowest BCUT2D eigenvalue weighted by molar-refractivity contribution is -0.119. The molecule has 11 heteroatoms. The van der Waals surface area contributed by atoms with Gasteiger partial charge in [-0.2, -0.15) is 5.10 Å². The van der Waals surface area contributed by atoms with E-state index in [1.165, 1.54) is 18.3 Å². The van der Waals surface area contributed by atoms with E-state index in [4.69, 9.17) is 23.2 Å². The summed E-state index contributed by atoms with van der Waals surface area (Å²) in [7, 11) is -3.78. The SMILES string of the molecule is Cc1cc(/C=N\NC(=O)CN(c2ccc(F)cc2)S(C)(=O)=O)c(C)n1-c1cccc(Cl)c1Cl. The molecule has 0 aliphatic rings. The highest BCUT2D eigenvalue weighted by Crippen LogP contribution is 2.31. The van der Waals surface area contributed by atoms with Gasteiger partial charge < -0.3 is 4.57 Å². The summed E-state index contributed by atoms with van der Waals surface area (Å²) in [4.78, 5) is 12.3. The standard InChI is InChI=1S/C22H21Cl2FN4O3S/c1-14-11-16(15(2)29(14)20-6-4-5-19(23)22(20)24)12-26-27-21(30)13-28(33(3,31)32)18-9-7-17(25)8-10-18/h4-12H,13H2,1-3H3,(H,27,30)/b26-12-. The highest BCUT2D eigenvalue weighted by molar-refractivity contribution is 7.92. The van der Waals surface area contributed by atoms with Crippen LogP contribution in [0.5, 0.6) is 0 Å². The Hall–Kier alpha value is -2.88. The normalized spacial score (nSPS) is 11.7. The third kappa shape index (κ3) is 5.73. The number of hydrogen-bond donors (Lipinski definition) is 1. The minimum atomic E-state index is -3.78. The number of aryl methyl sites for hydroxylation is 1. The Morgan fingerprint density at radius 3 is 2.48 bits per heavy atom. The van der Waals surface area contributed by atoms with Gasteiger partial charge in [0.25, 0.3) is 5.91 Å².